The number of aromatic nitrogens is 2. The molecule has 0 aliphatic carbocycles. The number of thiazole rings is 1. The molecule has 0 radical (unpaired) electrons. The summed E-state index contributed by atoms with van der Waals surface area (Å²) in [6.07, 6.45) is 0.770. The van der Waals surface area contributed by atoms with Gasteiger partial charge in [-0.15, -0.1) is 11.3 Å². The monoisotopic (exact) mass is 437 g/mol. The van der Waals surface area contributed by atoms with Crippen LogP contribution >= 0.6 is 11.3 Å². The summed E-state index contributed by atoms with van der Waals surface area (Å²) < 4.78 is 11.1. The molecule has 160 valence electrons. The molecule has 7 nitrogen and oxygen atoms in total. The Hall–Kier alpha value is -3.26. The molecule has 0 bridgehead atoms. The lowest BCUT2D eigenvalue weighted by Gasteiger charge is -2.36. The second kappa shape index (κ2) is 8.47. The highest BCUT2D eigenvalue weighted by Gasteiger charge is 2.38. The Morgan fingerprint density at radius 1 is 1.19 bits per heavy atom. The van der Waals surface area contributed by atoms with Crippen molar-refractivity contribution in [3.05, 3.63) is 48.0 Å². The van der Waals surface area contributed by atoms with Gasteiger partial charge in [0.1, 0.15) is 16.8 Å². The van der Waals surface area contributed by atoms with Crippen LogP contribution in [0.3, 0.4) is 0 Å². The topological polar surface area (TPSA) is 81.6 Å². The van der Waals surface area contributed by atoms with Gasteiger partial charge in [-0.25, -0.2) is 9.78 Å². The minimum Gasteiger partial charge on any atom is -0.479 e. The van der Waals surface area contributed by atoms with Crippen molar-refractivity contribution in [3.63, 3.8) is 0 Å². The van der Waals surface area contributed by atoms with E-state index in [0.717, 1.165) is 22.0 Å². The molecule has 0 saturated carbocycles. The number of esters is 1. The fraction of sp³-hybridized carbons (Fsp3) is 0.304. The van der Waals surface area contributed by atoms with E-state index in [2.05, 4.69) is 4.98 Å². The summed E-state index contributed by atoms with van der Waals surface area (Å²) in [5, 5.41) is 2.75. The summed E-state index contributed by atoms with van der Waals surface area (Å²) >= 11 is 1.50. The fourth-order valence-electron chi connectivity index (χ4n) is 3.37. The predicted molar refractivity (Wildman–Crippen MR) is 119 cm³/mol. The molecule has 1 aliphatic heterocycles. The van der Waals surface area contributed by atoms with E-state index in [9.17, 15) is 9.59 Å². The fourth-order valence-corrected chi connectivity index (χ4v) is 4.17. The Morgan fingerprint density at radius 2 is 2.00 bits per heavy atom. The highest BCUT2D eigenvalue weighted by atomic mass is 32.1. The lowest BCUT2D eigenvalue weighted by molar-refractivity contribution is -0.150. The molecule has 0 N–H and O–H groups in total. The molecule has 4 rings (SSSR count). The first-order chi connectivity index (χ1) is 14.8. The third kappa shape index (κ3) is 4.16. The van der Waals surface area contributed by atoms with Gasteiger partial charge in [0.2, 0.25) is 0 Å². The first-order valence-electron chi connectivity index (χ1n) is 10.1. The van der Waals surface area contributed by atoms with Crippen molar-refractivity contribution < 1.29 is 19.1 Å². The zero-order valence-electron chi connectivity index (χ0n) is 17.7. The first kappa shape index (κ1) is 21.0. The molecule has 8 heteroatoms. The summed E-state index contributed by atoms with van der Waals surface area (Å²) in [6.45, 7) is 6.90. The zero-order chi connectivity index (χ0) is 22.1. The van der Waals surface area contributed by atoms with Crippen LogP contribution in [0.5, 0.6) is 5.75 Å². The molecule has 31 heavy (non-hydrogen) atoms. The van der Waals surface area contributed by atoms with Crippen molar-refractivity contribution in [2.75, 3.05) is 4.90 Å². The van der Waals surface area contributed by atoms with Crippen LogP contribution in [0.4, 0.5) is 5.69 Å². The summed E-state index contributed by atoms with van der Waals surface area (Å²) in [5.74, 6) is -0.203. The summed E-state index contributed by atoms with van der Waals surface area (Å²) in [6, 6.07) is 10.4. The summed E-state index contributed by atoms with van der Waals surface area (Å²) in [5.41, 5.74) is 2.91. The van der Waals surface area contributed by atoms with Gasteiger partial charge in [-0.05, 0) is 58.0 Å². The maximum Gasteiger partial charge on any atom is 0.329 e. The Morgan fingerprint density at radius 3 is 2.71 bits per heavy atom. The SMILES string of the molecule is CC(C)OC(=O)C(C)N1C(=O)C(C)Oc2ccc(-c3csc(-c4ccccn4)n3)cc21. The van der Waals surface area contributed by atoms with Gasteiger partial charge in [0.15, 0.2) is 6.10 Å². The van der Waals surface area contributed by atoms with E-state index in [1.165, 1.54) is 16.2 Å². The van der Waals surface area contributed by atoms with Crippen LogP contribution in [-0.2, 0) is 14.3 Å². The second-order valence-corrected chi connectivity index (χ2v) is 8.42. The highest BCUT2D eigenvalue weighted by molar-refractivity contribution is 7.13. The van der Waals surface area contributed by atoms with E-state index in [-0.39, 0.29) is 12.0 Å². The zero-order valence-corrected chi connectivity index (χ0v) is 18.6. The number of hydrogen-bond donors (Lipinski definition) is 0. The average molecular weight is 438 g/mol. The van der Waals surface area contributed by atoms with Crippen molar-refractivity contribution in [3.8, 4) is 27.7 Å². The molecule has 1 aliphatic rings. The van der Waals surface area contributed by atoms with Crippen LogP contribution in [-0.4, -0.2) is 40.1 Å². The van der Waals surface area contributed by atoms with Crippen LogP contribution < -0.4 is 9.64 Å². The van der Waals surface area contributed by atoms with Gasteiger partial charge in [0.25, 0.3) is 5.91 Å². The molecule has 2 atom stereocenters. The summed E-state index contributed by atoms with van der Waals surface area (Å²) in [4.78, 5) is 36.0. The average Bonchev–Trinajstić information content (AvgIpc) is 3.24. The van der Waals surface area contributed by atoms with Gasteiger partial charge in [0.05, 0.1) is 23.2 Å². The number of anilines is 1. The number of nitrogens with zero attached hydrogens (tertiary/aromatic N) is 3. The van der Waals surface area contributed by atoms with Gasteiger partial charge in [0, 0.05) is 17.1 Å². The Bertz CT molecular complexity index is 1110. The largest absolute Gasteiger partial charge is 0.479 e. The number of carbonyl (C=O) groups excluding carboxylic acids is 2. The molecule has 3 heterocycles. The molecule has 0 spiro atoms. The van der Waals surface area contributed by atoms with Crippen molar-refractivity contribution in [1.29, 1.82) is 0 Å². The molecule has 2 aromatic heterocycles. The maximum absolute atomic E-state index is 12.9. The number of benzene rings is 1. The normalized spacial score (nSPS) is 16.6. The van der Waals surface area contributed by atoms with Gasteiger partial charge < -0.3 is 9.47 Å². The first-order valence-corrected chi connectivity index (χ1v) is 10.9. The van der Waals surface area contributed by atoms with Gasteiger partial charge in [-0.1, -0.05) is 6.07 Å². The molecular formula is C23H23N3O4S. The molecule has 1 amide bonds. The molecule has 3 aromatic rings. The van der Waals surface area contributed by atoms with Crippen molar-refractivity contribution in [2.24, 2.45) is 0 Å². The minimum atomic E-state index is -0.783. The third-order valence-corrected chi connectivity index (χ3v) is 5.74. The number of hydrogen-bond acceptors (Lipinski definition) is 7. The number of rotatable bonds is 5. The van der Waals surface area contributed by atoms with E-state index in [4.69, 9.17) is 14.5 Å². The smallest absolute Gasteiger partial charge is 0.329 e. The van der Waals surface area contributed by atoms with Gasteiger partial charge in [-0.2, -0.15) is 0 Å². The molecule has 0 fully saturated rings. The Kier molecular flexibility index (Phi) is 5.73. The van der Waals surface area contributed by atoms with Crippen molar-refractivity contribution >= 4 is 28.9 Å². The third-order valence-electron chi connectivity index (χ3n) is 4.87. The maximum atomic E-state index is 12.9. The van der Waals surface area contributed by atoms with E-state index in [0.29, 0.717) is 11.4 Å². The number of pyridine rings is 1. The second-order valence-electron chi connectivity index (χ2n) is 7.57. The van der Waals surface area contributed by atoms with Crippen LogP contribution in [0.2, 0.25) is 0 Å². The Balaban J connectivity index is 1.71. The van der Waals surface area contributed by atoms with E-state index in [1.807, 2.05) is 35.7 Å². The van der Waals surface area contributed by atoms with Crippen LogP contribution in [0, 0.1) is 0 Å². The molecule has 1 aromatic carbocycles. The highest BCUT2D eigenvalue weighted by Crippen LogP contribution is 2.39. The standard InChI is InChI=1S/C23H23N3O4S/c1-13(2)29-23(28)14(3)26-19-11-16(8-9-20(19)30-15(4)22(26)27)18-12-31-21(25-18)17-7-5-6-10-24-17/h5-15H,1-4H3. The van der Waals surface area contributed by atoms with Crippen LogP contribution in [0.15, 0.2) is 48.0 Å². The number of fused-ring (bicyclic) bond motifs is 1. The quantitative estimate of drug-likeness (QED) is 0.553. The number of amides is 1. The van der Waals surface area contributed by atoms with E-state index >= 15 is 0 Å². The lowest BCUT2D eigenvalue weighted by atomic mass is 10.1. The predicted octanol–water partition coefficient (Wildman–Crippen LogP) is 4.33. The van der Waals surface area contributed by atoms with Crippen molar-refractivity contribution in [2.45, 2.75) is 45.9 Å². The van der Waals surface area contributed by atoms with Gasteiger partial charge >= 0.3 is 5.97 Å². The van der Waals surface area contributed by atoms with Crippen molar-refractivity contribution in [1.82, 2.24) is 9.97 Å². The minimum absolute atomic E-state index is 0.269. The lowest BCUT2D eigenvalue weighted by Crippen LogP contribution is -2.52. The van der Waals surface area contributed by atoms with Crippen LogP contribution in [0.1, 0.15) is 27.7 Å². The Labute approximate surface area is 184 Å². The van der Waals surface area contributed by atoms with Gasteiger partial charge in [-0.3, -0.25) is 14.7 Å². The molecular weight excluding hydrogens is 414 g/mol. The van der Waals surface area contributed by atoms with E-state index in [1.54, 1.807) is 40.0 Å². The molecule has 2 unspecified atom stereocenters. The summed E-state index contributed by atoms with van der Waals surface area (Å²) in [7, 11) is 0. The number of ether oxygens (including phenoxy) is 2. The van der Waals surface area contributed by atoms with E-state index < -0.39 is 18.1 Å². The molecule has 0 saturated heterocycles. The van der Waals surface area contributed by atoms with Crippen LogP contribution in [0.25, 0.3) is 22.0 Å². The number of carbonyl (C=O) groups is 2.